The van der Waals surface area contributed by atoms with Gasteiger partial charge in [-0.2, -0.15) is 0 Å². The third-order valence-corrected chi connectivity index (χ3v) is 6.25. The number of anilines is 1. The number of sulfonamides is 1. The van der Waals surface area contributed by atoms with Gasteiger partial charge in [0.2, 0.25) is 10.0 Å². The molecule has 0 aromatic heterocycles. The molecule has 0 aliphatic heterocycles. The fourth-order valence-electron chi connectivity index (χ4n) is 3.00. The summed E-state index contributed by atoms with van der Waals surface area (Å²) >= 11 is 0. The summed E-state index contributed by atoms with van der Waals surface area (Å²) < 4.78 is 27.8. The third-order valence-electron chi connectivity index (χ3n) is 4.73. The second-order valence-electron chi connectivity index (χ2n) is 6.30. The smallest absolute Gasteiger partial charge is 0.240 e. The molecule has 3 N–H and O–H groups in total. The van der Waals surface area contributed by atoms with Crippen molar-refractivity contribution in [1.29, 1.82) is 0 Å². The van der Waals surface area contributed by atoms with Gasteiger partial charge in [0.15, 0.2) is 0 Å². The van der Waals surface area contributed by atoms with Gasteiger partial charge in [0.1, 0.15) is 0 Å². The van der Waals surface area contributed by atoms with E-state index in [1.165, 1.54) is 0 Å². The van der Waals surface area contributed by atoms with Crippen LogP contribution < -0.4 is 10.5 Å². The Kier molecular flexibility index (Phi) is 4.94. The molecule has 0 heterocycles. The average Bonchev–Trinajstić information content (AvgIpc) is 2.42. The molecular formula is C16H26N2O2S. The van der Waals surface area contributed by atoms with Gasteiger partial charge in [-0.1, -0.05) is 26.8 Å². The maximum atomic E-state index is 12.5. The van der Waals surface area contributed by atoms with Crippen molar-refractivity contribution in [1.82, 2.24) is 4.72 Å². The predicted molar refractivity (Wildman–Crippen MR) is 86.5 cm³/mol. The minimum atomic E-state index is -3.48. The van der Waals surface area contributed by atoms with Crippen LogP contribution in [-0.4, -0.2) is 14.5 Å². The highest BCUT2D eigenvalue weighted by molar-refractivity contribution is 7.89. The number of aryl methyl sites for hydroxylation is 1. The minimum Gasteiger partial charge on any atom is -0.398 e. The molecule has 2 rings (SSSR count). The fourth-order valence-corrected chi connectivity index (χ4v) is 4.32. The normalized spacial score (nSPS) is 26.7. The summed E-state index contributed by atoms with van der Waals surface area (Å²) in [5.74, 6) is 1.23. The Balaban J connectivity index is 2.13. The summed E-state index contributed by atoms with van der Waals surface area (Å²) in [6, 6.07) is 5.05. The highest BCUT2D eigenvalue weighted by atomic mass is 32.2. The summed E-state index contributed by atoms with van der Waals surface area (Å²) in [4.78, 5) is 0.267. The molecule has 4 nitrogen and oxygen atoms in total. The van der Waals surface area contributed by atoms with Crippen LogP contribution in [-0.2, 0) is 16.4 Å². The van der Waals surface area contributed by atoms with E-state index in [1.54, 1.807) is 18.2 Å². The van der Waals surface area contributed by atoms with Crippen molar-refractivity contribution in [2.24, 2.45) is 11.8 Å². The first-order chi connectivity index (χ1) is 9.83. The minimum absolute atomic E-state index is 0.0354. The van der Waals surface area contributed by atoms with Gasteiger partial charge in [0.05, 0.1) is 4.90 Å². The Morgan fingerprint density at radius 2 is 1.95 bits per heavy atom. The largest absolute Gasteiger partial charge is 0.398 e. The van der Waals surface area contributed by atoms with Crippen molar-refractivity contribution in [3.05, 3.63) is 23.8 Å². The van der Waals surface area contributed by atoms with Gasteiger partial charge < -0.3 is 5.73 Å². The average molecular weight is 310 g/mol. The van der Waals surface area contributed by atoms with Crippen LogP contribution >= 0.6 is 0 Å². The Morgan fingerprint density at radius 1 is 1.24 bits per heavy atom. The van der Waals surface area contributed by atoms with Crippen LogP contribution in [0, 0.1) is 11.8 Å². The quantitative estimate of drug-likeness (QED) is 0.840. The van der Waals surface area contributed by atoms with E-state index >= 15 is 0 Å². The second kappa shape index (κ2) is 6.36. The molecule has 0 amide bonds. The fraction of sp³-hybridized carbons (Fsp3) is 0.625. The summed E-state index contributed by atoms with van der Waals surface area (Å²) in [5.41, 5.74) is 7.44. The monoisotopic (exact) mass is 310 g/mol. The maximum Gasteiger partial charge on any atom is 0.240 e. The van der Waals surface area contributed by atoms with Crippen molar-refractivity contribution in [2.75, 3.05) is 5.73 Å². The number of nitrogens with one attached hydrogen (secondary N) is 1. The van der Waals surface area contributed by atoms with Crippen LogP contribution in [0.1, 0.15) is 45.6 Å². The standard InChI is InChI=1S/C16H26N2O2S/c1-4-13-6-8-15(10-16(13)17)21(19,20)18-14-7-5-11(2)12(3)9-14/h6,8,10-12,14,18H,4-5,7,9,17H2,1-3H3. The molecule has 3 unspecified atom stereocenters. The van der Waals surface area contributed by atoms with E-state index in [2.05, 4.69) is 18.6 Å². The molecule has 1 fully saturated rings. The second-order valence-corrected chi connectivity index (χ2v) is 8.01. The van der Waals surface area contributed by atoms with Crippen LogP contribution in [0.25, 0.3) is 0 Å². The Bertz CT molecular complexity index is 598. The van der Waals surface area contributed by atoms with Gasteiger partial charge in [-0.15, -0.1) is 0 Å². The van der Waals surface area contributed by atoms with Crippen LogP contribution in [0.2, 0.25) is 0 Å². The van der Waals surface area contributed by atoms with E-state index in [0.29, 0.717) is 17.5 Å². The van der Waals surface area contributed by atoms with Gasteiger partial charge in [0.25, 0.3) is 0 Å². The zero-order valence-electron chi connectivity index (χ0n) is 13.1. The molecule has 0 spiro atoms. The van der Waals surface area contributed by atoms with Crippen molar-refractivity contribution in [2.45, 2.75) is 57.4 Å². The maximum absolute atomic E-state index is 12.5. The van der Waals surface area contributed by atoms with Gasteiger partial charge in [-0.05, 0) is 55.2 Å². The molecule has 1 aromatic carbocycles. The lowest BCUT2D eigenvalue weighted by Gasteiger charge is -2.32. The van der Waals surface area contributed by atoms with Crippen molar-refractivity contribution in [3.63, 3.8) is 0 Å². The lowest BCUT2D eigenvalue weighted by molar-refractivity contribution is 0.242. The summed E-state index contributed by atoms with van der Waals surface area (Å²) in [6.07, 6.45) is 3.69. The van der Waals surface area contributed by atoms with E-state index in [-0.39, 0.29) is 10.9 Å². The summed E-state index contributed by atoms with van der Waals surface area (Å²) in [7, 11) is -3.48. The molecule has 1 aromatic rings. The Labute approximate surface area is 128 Å². The van der Waals surface area contributed by atoms with Gasteiger partial charge in [-0.25, -0.2) is 13.1 Å². The molecule has 5 heteroatoms. The number of hydrogen-bond acceptors (Lipinski definition) is 3. The van der Waals surface area contributed by atoms with Crippen LogP contribution in [0.15, 0.2) is 23.1 Å². The van der Waals surface area contributed by atoms with Crippen LogP contribution in [0.4, 0.5) is 5.69 Å². The first-order valence-corrected chi connectivity index (χ1v) is 9.22. The van der Waals surface area contributed by atoms with Crippen LogP contribution in [0.3, 0.4) is 0 Å². The molecule has 21 heavy (non-hydrogen) atoms. The Morgan fingerprint density at radius 3 is 2.52 bits per heavy atom. The molecule has 0 radical (unpaired) electrons. The highest BCUT2D eigenvalue weighted by Crippen LogP contribution is 2.30. The zero-order valence-corrected chi connectivity index (χ0v) is 13.9. The summed E-state index contributed by atoms with van der Waals surface area (Å²) in [5, 5.41) is 0. The lowest BCUT2D eigenvalue weighted by atomic mass is 9.79. The van der Waals surface area contributed by atoms with E-state index in [9.17, 15) is 8.42 Å². The van der Waals surface area contributed by atoms with E-state index < -0.39 is 10.0 Å². The number of benzene rings is 1. The first-order valence-electron chi connectivity index (χ1n) is 7.74. The first kappa shape index (κ1) is 16.3. The molecule has 3 atom stereocenters. The number of hydrogen-bond donors (Lipinski definition) is 2. The lowest BCUT2D eigenvalue weighted by Crippen LogP contribution is -2.39. The molecule has 0 saturated heterocycles. The van der Waals surface area contributed by atoms with Gasteiger partial charge in [-0.3, -0.25) is 0 Å². The van der Waals surface area contributed by atoms with E-state index in [0.717, 1.165) is 31.2 Å². The third kappa shape index (κ3) is 3.77. The van der Waals surface area contributed by atoms with Gasteiger partial charge >= 0.3 is 0 Å². The zero-order chi connectivity index (χ0) is 15.6. The number of nitrogen functional groups attached to an aromatic ring is 1. The molecule has 1 aliphatic carbocycles. The van der Waals surface area contributed by atoms with Crippen molar-refractivity contribution < 1.29 is 8.42 Å². The molecule has 1 aliphatic rings. The number of nitrogens with two attached hydrogens (primary N) is 1. The number of rotatable bonds is 4. The van der Waals surface area contributed by atoms with E-state index in [1.807, 2.05) is 6.92 Å². The molecule has 0 bridgehead atoms. The van der Waals surface area contributed by atoms with Crippen LogP contribution in [0.5, 0.6) is 0 Å². The topological polar surface area (TPSA) is 72.2 Å². The van der Waals surface area contributed by atoms with Crippen molar-refractivity contribution in [3.8, 4) is 0 Å². The molecular weight excluding hydrogens is 284 g/mol. The Hall–Kier alpha value is -1.07. The van der Waals surface area contributed by atoms with E-state index in [4.69, 9.17) is 5.73 Å². The van der Waals surface area contributed by atoms with Crippen molar-refractivity contribution >= 4 is 15.7 Å². The van der Waals surface area contributed by atoms with Gasteiger partial charge in [0, 0.05) is 11.7 Å². The molecule has 1 saturated carbocycles. The highest BCUT2D eigenvalue weighted by Gasteiger charge is 2.28. The predicted octanol–water partition coefficient (Wildman–Crippen LogP) is 2.93. The molecule has 118 valence electrons. The summed E-state index contributed by atoms with van der Waals surface area (Å²) in [6.45, 7) is 6.43. The SMILES string of the molecule is CCc1ccc(S(=O)(=O)NC2CCC(C)C(C)C2)cc1N.